The maximum Gasteiger partial charge on any atom is 0.313 e. The van der Waals surface area contributed by atoms with Gasteiger partial charge in [0.25, 0.3) is 0 Å². The van der Waals surface area contributed by atoms with Crippen LogP contribution in [-0.4, -0.2) is 35.0 Å². The number of thioether (sulfide) groups is 1. The van der Waals surface area contributed by atoms with Crippen LogP contribution in [0.2, 0.25) is 0 Å². The van der Waals surface area contributed by atoms with Gasteiger partial charge in [0.15, 0.2) is 0 Å². The molecule has 0 radical (unpaired) electrons. The molecule has 1 atom stereocenters. The molecule has 0 aromatic heterocycles. The highest BCUT2D eigenvalue weighted by Crippen LogP contribution is 2.35. The van der Waals surface area contributed by atoms with Crippen LogP contribution in [-0.2, 0) is 9.59 Å². The summed E-state index contributed by atoms with van der Waals surface area (Å²) in [4.78, 5) is 21.4. The Morgan fingerprint density at radius 3 is 2.67 bits per heavy atom. The fourth-order valence-electron chi connectivity index (χ4n) is 1.39. The molecule has 1 unspecified atom stereocenters. The molecule has 86 valence electrons. The number of carbonyl (C=O) groups is 2. The van der Waals surface area contributed by atoms with E-state index in [0.717, 1.165) is 24.2 Å². The number of carboxylic acids is 1. The number of nitrogens with one attached hydrogen (secondary N) is 1. The second-order valence-electron chi connectivity index (χ2n) is 4.01. The summed E-state index contributed by atoms with van der Waals surface area (Å²) in [6.45, 7) is 2.86. The van der Waals surface area contributed by atoms with Crippen LogP contribution in [0.15, 0.2) is 0 Å². The van der Waals surface area contributed by atoms with E-state index in [1.165, 1.54) is 12.8 Å². The zero-order valence-corrected chi connectivity index (χ0v) is 9.68. The Hall–Kier alpha value is -0.710. The van der Waals surface area contributed by atoms with Gasteiger partial charge in [-0.2, -0.15) is 0 Å². The summed E-state index contributed by atoms with van der Waals surface area (Å²) in [5, 5.41) is 11.2. The minimum absolute atomic E-state index is 0.00833. The molecular formula is C10H17NO3S. The number of amides is 1. The summed E-state index contributed by atoms with van der Waals surface area (Å²) in [5.74, 6) is 0.637. The number of carbonyl (C=O) groups excluding carboxylic acids is 1. The van der Waals surface area contributed by atoms with Gasteiger partial charge < -0.3 is 10.4 Å². The molecule has 1 aliphatic rings. The van der Waals surface area contributed by atoms with E-state index < -0.39 is 5.97 Å². The third-order valence-electron chi connectivity index (χ3n) is 2.51. The first-order valence-corrected chi connectivity index (χ1v) is 6.31. The first-order valence-electron chi connectivity index (χ1n) is 5.16. The van der Waals surface area contributed by atoms with Gasteiger partial charge in [0, 0.05) is 6.54 Å². The van der Waals surface area contributed by atoms with Crippen molar-refractivity contribution in [3.63, 3.8) is 0 Å². The van der Waals surface area contributed by atoms with Crippen molar-refractivity contribution in [2.75, 3.05) is 18.1 Å². The molecule has 0 saturated heterocycles. The third kappa shape index (κ3) is 5.67. The van der Waals surface area contributed by atoms with E-state index in [2.05, 4.69) is 12.2 Å². The lowest BCUT2D eigenvalue weighted by molar-refractivity contribution is -0.133. The summed E-state index contributed by atoms with van der Waals surface area (Å²) in [5.41, 5.74) is 0. The van der Waals surface area contributed by atoms with Gasteiger partial charge in [-0.15, -0.1) is 11.8 Å². The van der Waals surface area contributed by atoms with Crippen LogP contribution in [0.25, 0.3) is 0 Å². The molecule has 0 aromatic rings. The zero-order valence-electron chi connectivity index (χ0n) is 8.86. The summed E-state index contributed by atoms with van der Waals surface area (Å²) >= 11 is 1.13. The van der Waals surface area contributed by atoms with Crippen molar-refractivity contribution in [1.82, 2.24) is 5.32 Å². The van der Waals surface area contributed by atoms with Gasteiger partial charge >= 0.3 is 5.97 Å². The Morgan fingerprint density at radius 1 is 1.47 bits per heavy atom. The second kappa shape index (κ2) is 6.00. The fraction of sp³-hybridized carbons (Fsp3) is 0.800. The van der Waals surface area contributed by atoms with Crippen LogP contribution in [0.5, 0.6) is 0 Å². The van der Waals surface area contributed by atoms with Gasteiger partial charge in [-0.25, -0.2) is 0 Å². The van der Waals surface area contributed by atoms with E-state index in [9.17, 15) is 9.59 Å². The fourth-order valence-corrected chi connectivity index (χ4v) is 1.95. The van der Waals surface area contributed by atoms with Gasteiger partial charge in [0.1, 0.15) is 0 Å². The summed E-state index contributed by atoms with van der Waals surface area (Å²) in [6.07, 6.45) is 2.57. The monoisotopic (exact) mass is 231 g/mol. The normalized spacial score (nSPS) is 17.1. The summed E-state index contributed by atoms with van der Waals surface area (Å²) in [6, 6.07) is 0. The van der Waals surface area contributed by atoms with Gasteiger partial charge in [-0.1, -0.05) is 6.92 Å². The van der Waals surface area contributed by atoms with Crippen LogP contribution < -0.4 is 5.32 Å². The molecule has 15 heavy (non-hydrogen) atoms. The number of hydrogen-bond acceptors (Lipinski definition) is 3. The average molecular weight is 231 g/mol. The minimum atomic E-state index is -0.876. The lowest BCUT2D eigenvalue weighted by Gasteiger charge is -2.10. The molecule has 0 spiro atoms. The summed E-state index contributed by atoms with van der Waals surface area (Å²) in [7, 11) is 0. The molecule has 0 bridgehead atoms. The Kier molecular flexibility index (Phi) is 4.94. The van der Waals surface area contributed by atoms with Crippen molar-refractivity contribution in [2.24, 2.45) is 11.8 Å². The highest BCUT2D eigenvalue weighted by atomic mass is 32.2. The second-order valence-corrected chi connectivity index (χ2v) is 4.99. The topological polar surface area (TPSA) is 66.4 Å². The molecule has 1 saturated carbocycles. The molecule has 1 rings (SSSR count). The van der Waals surface area contributed by atoms with E-state index in [1.807, 2.05) is 0 Å². The van der Waals surface area contributed by atoms with Crippen molar-refractivity contribution >= 4 is 23.6 Å². The smallest absolute Gasteiger partial charge is 0.313 e. The lowest BCUT2D eigenvalue weighted by Crippen LogP contribution is -2.30. The van der Waals surface area contributed by atoms with Crippen LogP contribution in [0, 0.1) is 11.8 Å². The van der Waals surface area contributed by atoms with Crippen molar-refractivity contribution < 1.29 is 14.7 Å². The summed E-state index contributed by atoms with van der Waals surface area (Å²) < 4.78 is 0. The highest BCUT2D eigenvalue weighted by molar-refractivity contribution is 8.00. The Labute approximate surface area is 93.8 Å². The molecule has 1 aliphatic carbocycles. The van der Waals surface area contributed by atoms with E-state index in [0.29, 0.717) is 5.92 Å². The Bertz CT molecular complexity index is 241. The molecule has 1 amide bonds. The Morgan fingerprint density at radius 2 is 2.13 bits per heavy atom. The predicted molar refractivity (Wildman–Crippen MR) is 59.9 cm³/mol. The number of rotatable bonds is 7. The molecule has 0 aromatic carbocycles. The lowest BCUT2D eigenvalue weighted by atomic mass is 10.1. The van der Waals surface area contributed by atoms with Crippen LogP contribution in [0.3, 0.4) is 0 Å². The minimum Gasteiger partial charge on any atom is -0.481 e. The quantitative estimate of drug-likeness (QED) is 0.685. The first-order chi connectivity index (χ1) is 7.09. The zero-order chi connectivity index (χ0) is 11.3. The van der Waals surface area contributed by atoms with E-state index in [1.54, 1.807) is 0 Å². The number of aliphatic carboxylic acids is 1. The van der Waals surface area contributed by atoms with Gasteiger partial charge in [0.05, 0.1) is 11.5 Å². The molecule has 0 aliphatic heterocycles. The molecule has 5 heteroatoms. The molecule has 1 fully saturated rings. The molecule has 0 heterocycles. The maximum absolute atomic E-state index is 11.2. The number of hydrogen-bond donors (Lipinski definition) is 2. The van der Waals surface area contributed by atoms with Gasteiger partial charge in [0.2, 0.25) is 5.91 Å². The third-order valence-corrected chi connectivity index (χ3v) is 3.42. The predicted octanol–water partition coefficient (Wildman–Crippen LogP) is 0.966. The SMILES string of the molecule is CC(CNC(=O)CSCC(=O)O)C1CC1. The molecule has 4 nitrogen and oxygen atoms in total. The Balaban J connectivity index is 2.00. The van der Waals surface area contributed by atoms with Crippen molar-refractivity contribution in [1.29, 1.82) is 0 Å². The number of carboxylic acid groups (broad SMARTS) is 1. The van der Waals surface area contributed by atoms with Crippen molar-refractivity contribution in [3.8, 4) is 0 Å². The molecular weight excluding hydrogens is 214 g/mol. The average Bonchev–Trinajstić information content (AvgIpc) is 2.96. The van der Waals surface area contributed by atoms with E-state index in [-0.39, 0.29) is 17.4 Å². The largest absolute Gasteiger partial charge is 0.481 e. The van der Waals surface area contributed by atoms with E-state index in [4.69, 9.17) is 5.11 Å². The van der Waals surface area contributed by atoms with Crippen LogP contribution >= 0.6 is 11.8 Å². The van der Waals surface area contributed by atoms with Crippen molar-refractivity contribution in [2.45, 2.75) is 19.8 Å². The maximum atomic E-state index is 11.2. The van der Waals surface area contributed by atoms with E-state index >= 15 is 0 Å². The van der Waals surface area contributed by atoms with Gasteiger partial charge in [-0.3, -0.25) is 9.59 Å². The molecule has 2 N–H and O–H groups in total. The standard InChI is InChI=1S/C10H17NO3S/c1-7(8-2-3-8)4-11-9(12)5-15-6-10(13)14/h7-8H,2-6H2,1H3,(H,11,12)(H,13,14). The van der Waals surface area contributed by atoms with Crippen LogP contribution in [0.4, 0.5) is 0 Å². The highest BCUT2D eigenvalue weighted by Gasteiger charge is 2.27. The first kappa shape index (κ1) is 12.4. The van der Waals surface area contributed by atoms with Crippen LogP contribution in [0.1, 0.15) is 19.8 Å². The van der Waals surface area contributed by atoms with Crippen molar-refractivity contribution in [3.05, 3.63) is 0 Å². The van der Waals surface area contributed by atoms with Gasteiger partial charge in [-0.05, 0) is 24.7 Å².